The van der Waals surface area contributed by atoms with Crippen LogP contribution in [-0.2, 0) is 4.74 Å². The molecule has 0 bridgehead atoms. The van der Waals surface area contributed by atoms with Crippen molar-refractivity contribution in [2.75, 3.05) is 38.2 Å². The van der Waals surface area contributed by atoms with E-state index in [4.69, 9.17) is 4.74 Å². The Morgan fingerprint density at radius 3 is 2.94 bits per heavy atom. The summed E-state index contributed by atoms with van der Waals surface area (Å²) in [4.78, 5) is 6.68. The third-order valence-corrected chi connectivity index (χ3v) is 2.69. The van der Waals surface area contributed by atoms with Gasteiger partial charge in [0, 0.05) is 31.9 Å². The van der Waals surface area contributed by atoms with Crippen molar-refractivity contribution >= 4 is 5.82 Å². The first-order chi connectivity index (χ1) is 7.84. The second kappa shape index (κ2) is 5.82. The summed E-state index contributed by atoms with van der Waals surface area (Å²) in [5.74, 6) is 0.947. The summed E-state index contributed by atoms with van der Waals surface area (Å²) in [5.41, 5.74) is 0. The molecule has 1 aromatic rings. The number of pyridine rings is 1. The second-order valence-electron chi connectivity index (χ2n) is 4.17. The Morgan fingerprint density at radius 2 is 2.25 bits per heavy atom. The standard InChI is InChI=1S/C12H19N3O/c1-11(10-15-6-8-16-9-7-15)14-12-4-2-3-5-13-12/h2-5,11H,6-10H2,1H3,(H,13,14). The molecule has 16 heavy (non-hydrogen) atoms. The van der Waals surface area contributed by atoms with Crippen molar-refractivity contribution in [3.05, 3.63) is 24.4 Å². The van der Waals surface area contributed by atoms with Crippen LogP contribution in [0.2, 0.25) is 0 Å². The molecule has 1 aromatic heterocycles. The molecular formula is C12H19N3O. The van der Waals surface area contributed by atoms with Gasteiger partial charge in [0.2, 0.25) is 0 Å². The maximum absolute atomic E-state index is 5.33. The van der Waals surface area contributed by atoms with Gasteiger partial charge in [0.1, 0.15) is 5.82 Å². The van der Waals surface area contributed by atoms with Gasteiger partial charge in [0.25, 0.3) is 0 Å². The van der Waals surface area contributed by atoms with E-state index in [-0.39, 0.29) is 0 Å². The molecule has 0 saturated carbocycles. The van der Waals surface area contributed by atoms with Crippen molar-refractivity contribution in [3.8, 4) is 0 Å². The lowest BCUT2D eigenvalue weighted by Crippen LogP contribution is -2.42. The Balaban J connectivity index is 1.77. The molecule has 0 aliphatic carbocycles. The minimum atomic E-state index is 0.410. The molecule has 1 saturated heterocycles. The number of hydrogen-bond acceptors (Lipinski definition) is 4. The first kappa shape index (κ1) is 11.4. The normalized spacial score (nSPS) is 19.3. The first-order valence-electron chi connectivity index (χ1n) is 5.82. The van der Waals surface area contributed by atoms with Crippen LogP contribution in [0.15, 0.2) is 24.4 Å². The molecule has 1 aliphatic rings. The van der Waals surface area contributed by atoms with E-state index in [2.05, 4.69) is 22.1 Å². The summed E-state index contributed by atoms with van der Waals surface area (Å²) in [7, 11) is 0. The van der Waals surface area contributed by atoms with Crippen molar-refractivity contribution in [1.29, 1.82) is 0 Å². The summed E-state index contributed by atoms with van der Waals surface area (Å²) >= 11 is 0. The maximum Gasteiger partial charge on any atom is 0.126 e. The van der Waals surface area contributed by atoms with Crippen molar-refractivity contribution in [2.45, 2.75) is 13.0 Å². The Kier molecular flexibility index (Phi) is 4.13. The fraction of sp³-hybridized carbons (Fsp3) is 0.583. The number of nitrogens with one attached hydrogen (secondary N) is 1. The molecule has 0 radical (unpaired) electrons. The Morgan fingerprint density at radius 1 is 1.44 bits per heavy atom. The van der Waals surface area contributed by atoms with Gasteiger partial charge < -0.3 is 10.1 Å². The van der Waals surface area contributed by atoms with Gasteiger partial charge in [-0.2, -0.15) is 0 Å². The van der Waals surface area contributed by atoms with E-state index in [1.54, 1.807) is 0 Å². The van der Waals surface area contributed by atoms with Gasteiger partial charge in [0.05, 0.1) is 13.2 Å². The topological polar surface area (TPSA) is 37.4 Å². The van der Waals surface area contributed by atoms with Crippen LogP contribution in [0.25, 0.3) is 0 Å². The minimum absolute atomic E-state index is 0.410. The van der Waals surface area contributed by atoms with E-state index >= 15 is 0 Å². The van der Waals surface area contributed by atoms with Gasteiger partial charge >= 0.3 is 0 Å². The molecule has 1 atom stereocenters. The molecule has 0 amide bonds. The Bertz CT molecular complexity index is 298. The molecule has 2 heterocycles. The second-order valence-corrected chi connectivity index (χ2v) is 4.17. The fourth-order valence-electron chi connectivity index (χ4n) is 1.92. The smallest absolute Gasteiger partial charge is 0.126 e. The highest BCUT2D eigenvalue weighted by atomic mass is 16.5. The van der Waals surface area contributed by atoms with Crippen LogP contribution < -0.4 is 5.32 Å². The van der Waals surface area contributed by atoms with Gasteiger partial charge in [0.15, 0.2) is 0 Å². The van der Waals surface area contributed by atoms with Gasteiger partial charge in [-0.05, 0) is 19.1 Å². The highest BCUT2D eigenvalue weighted by Gasteiger charge is 2.13. The van der Waals surface area contributed by atoms with Crippen LogP contribution in [0.5, 0.6) is 0 Å². The molecule has 1 N–H and O–H groups in total. The SMILES string of the molecule is CC(CN1CCOCC1)Nc1ccccn1. The van der Waals surface area contributed by atoms with Crippen molar-refractivity contribution < 1.29 is 4.74 Å². The largest absolute Gasteiger partial charge is 0.379 e. The average Bonchev–Trinajstić information content (AvgIpc) is 2.31. The summed E-state index contributed by atoms with van der Waals surface area (Å²) in [6.45, 7) is 7.01. The lowest BCUT2D eigenvalue weighted by atomic mass is 10.3. The van der Waals surface area contributed by atoms with Crippen molar-refractivity contribution in [3.63, 3.8) is 0 Å². The number of rotatable bonds is 4. The summed E-state index contributed by atoms with van der Waals surface area (Å²) in [6, 6.07) is 6.33. The first-order valence-corrected chi connectivity index (χ1v) is 5.82. The third-order valence-electron chi connectivity index (χ3n) is 2.69. The molecule has 2 rings (SSSR count). The molecule has 1 fully saturated rings. The predicted octanol–water partition coefficient (Wildman–Crippen LogP) is 1.21. The lowest BCUT2D eigenvalue weighted by Gasteiger charge is -2.29. The van der Waals surface area contributed by atoms with Gasteiger partial charge in [-0.3, -0.25) is 4.90 Å². The fourth-order valence-corrected chi connectivity index (χ4v) is 1.92. The molecular weight excluding hydrogens is 202 g/mol. The van der Waals surface area contributed by atoms with E-state index in [0.717, 1.165) is 38.7 Å². The number of hydrogen-bond donors (Lipinski definition) is 1. The zero-order valence-electron chi connectivity index (χ0n) is 9.72. The van der Waals surface area contributed by atoms with Crippen LogP contribution >= 0.6 is 0 Å². The van der Waals surface area contributed by atoms with E-state index in [0.29, 0.717) is 6.04 Å². The van der Waals surface area contributed by atoms with Crippen molar-refractivity contribution in [2.24, 2.45) is 0 Å². The molecule has 1 aliphatic heterocycles. The molecule has 4 heteroatoms. The molecule has 4 nitrogen and oxygen atoms in total. The van der Waals surface area contributed by atoms with E-state index in [1.165, 1.54) is 0 Å². The minimum Gasteiger partial charge on any atom is -0.379 e. The molecule has 88 valence electrons. The predicted molar refractivity (Wildman–Crippen MR) is 64.6 cm³/mol. The third kappa shape index (κ3) is 3.47. The number of anilines is 1. The molecule has 0 aromatic carbocycles. The van der Waals surface area contributed by atoms with E-state index < -0.39 is 0 Å². The zero-order valence-corrected chi connectivity index (χ0v) is 9.72. The molecule has 0 spiro atoms. The van der Waals surface area contributed by atoms with Gasteiger partial charge in [-0.1, -0.05) is 6.07 Å². The number of ether oxygens (including phenoxy) is 1. The van der Waals surface area contributed by atoms with Crippen LogP contribution in [0.1, 0.15) is 6.92 Å². The van der Waals surface area contributed by atoms with Crippen molar-refractivity contribution in [1.82, 2.24) is 9.88 Å². The zero-order chi connectivity index (χ0) is 11.2. The van der Waals surface area contributed by atoms with Crippen LogP contribution in [-0.4, -0.2) is 48.8 Å². The van der Waals surface area contributed by atoms with E-state index in [9.17, 15) is 0 Å². The number of aromatic nitrogens is 1. The number of nitrogens with zero attached hydrogens (tertiary/aromatic N) is 2. The molecule has 1 unspecified atom stereocenters. The highest BCUT2D eigenvalue weighted by Crippen LogP contribution is 2.05. The maximum atomic E-state index is 5.33. The summed E-state index contributed by atoms with van der Waals surface area (Å²) in [5, 5.41) is 3.40. The van der Waals surface area contributed by atoms with Crippen LogP contribution in [0, 0.1) is 0 Å². The van der Waals surface area contributed by atoms with Crippen LogP contribution in [0.4, 0.5) is 5.82 Å². The summed E-state index contributed by atoms with van der Waals surface area (Å²) in [6.07, 6.45) is 1.81. The quantitative estimate of drug-likeness (QED) is 0.829. The van der Waals surface area contributed by atoms with Crippen LogP contribution in [0.3, 0.4) is 0 Å². The Labute approximate surface area is 96.6 Å². The Hall–Kier alpha value is -1.13. The van der Waals surface area contributed by atoms with Gasteiger partial charge in [-0.15, -0.1) is 0 Å². The number of morpholine rings is 1. The monoisotopic (exact) mass is 221 g/mol. The van der Waals surface area contributed by atoms with Gasteiger partial charge in [-0.25, -0.2) is 4.98 Å². The lowest BCUT2D eigenvalue weighted by molar-refractivity contribution is 0.0368. The average molecular weight is 221 g/mol. The highest BCUT2D eigenvalue weighted by molar-refractivity contribution is 5.34. The van der Waals surface area contributed by atoms with E-state index in [1.807, 2.05) is 24.4 Å². The summed E-state index contributed by atoms with van der Waals surface area (Å²) < 4.78 is 5.33.